The lowest BCUT2D eigenvalue weighted by molar-refractivity contribution is -0.0538. The van der Waals surface area contributed by atoms with E-state index in [0.717, 1.165) is 39.0 Å². The van der Waals surface area contributed by atoms with Gasteiger partial charge in [0.15, 0.2) is 5.82 Å². The molecule has 0 aliphatic carbocycles. The van der Waals surface area contributed by atoms with Crippen molar-refractivity contribution in [3.05, 3.63) is 59.3 Å². The molecular weight excluding hydrogens is 714 g/mol. The molecule has 0 saturated carbocycles. The summed E-state index contributed by atoms with van der Waals surface area (Å²) in [5.41, 5.74) is -0.190. The zero-order chi connectivity index (χ0) is 37.7. The Morgan fingerprint density at radius 2 is 1.89 bits per heavy atom. The van der Waals surface area contributed by atoms with Crippen molar-refractivity contribution in [2.45, 2.75) is 49.7 Å². The fourth-order valence-corrected chi connectivity index (χ4v) is 10.0. The van der Waals surface area contributed by atoms with Crippen molar-refractivity contribution in [1.29, 1.82) is 0 Å². The summed E-state index contributed by atoms with van der Waals surface area (Å²) in [6.07, 6.45) is 9.72. The second kappa shape index (κ2) is 12.8. The van der Waals surface area contributed by atoms with Gasteiger partial charge in [-0.15, -0.1) is 6.42 Å². The van der Waals surface area contributed by atoms with Gasteiger partial charge < -0.3 is 19.5 Å². The van der Waals surface area contributed by atoms with Crippen LogP contribution in [0.1, 0.15) is 37.7 Å². The standard InChI is InChI=1S/C41H39F4N7O3/c1-3-28-31(42)8-5-23-11-27(53)12-29(32(23)28)33-35(43)37-34(30-18-49(2)48-36(30)33)39(50-16-25-6-7-26(17-50)52(25)14-22-19-54-20-22)47-40(46-37)55-21-41-9-4-10-51(41)15-24(13-41)38(44)45/h1,5,8,11-12,18,22,25-26,53H,4,6-7,9-10,13-17,19-21H2,2H3/t25?,26?,41-/m0/s1. The van der Waals surface area contributed by atoms with E-state index in [1.54, 1.807) is 17.9 Å². The highest BCUT2D eigenvalue weighted by molar-refractivity contribution is 6.18. The Hall–Kier alpha value is -4.97. The number of halogens is 4. The van der Waals surface area contributed by atoms with E-state index >= 15 is 8.78 Å². The van der Waals surface area contributed by atoms with Gasteiger partial charge in [-0.2, -0.15) is 23.8 Å². The lowest BCUT2D eigenvalue weighted by Gasteiger charge is -2.44. The third-order valence-corrected chi connectivity index (χ3v) is 12.6. The first-order valence-electron chi connectivity index (χ1n) is 18.9. The number of rotatable bonds is 7. The number of piperazine rings is 1. The number of aromatic hydroxyl groups is 1. The summed E-state index contributed by atoms with van der Waals surface area (Å²) in [6, 6.07) is 6.01. The van der Waals surface area contributed by atoms with Crippen molar-refractivity contribution in [1.82, 2.24) is 29.5 Å². The highest BCUT2D eigenvalue weighted by atomic mass is 19.3. The molecule has 5 aromatic rings. The van der Waals surface area contributed by atoms with Crippen molar-refractivity contribution in [2.24, 2.45) is 13.0 Å². The first kappa shape index (κ1) is 34.5. The van der Waals surface area contributed by atoms with Gasteiger partial charge >= 0.3 is 6.01 Å². The zero-order valence-electron chi connectivity index (χ0n) is 30.3. The monoisotopic (exact) mass is 753 g/mol. The average Bonchev–Trinajstić information content (AvgIpc) is 3.88. The summed E-state index contributed by atoms with van der Waals surface area (Å²) in [7, 11) is 1.74. The van der Waals surface area contributed by atoms with Gasteiger partial charge in [0.05, 0.1) is 29.7 Å². The molecule has 55 heavy (non-hydrogen) atoms. The Bertz CT molecular complexity index is 2480. The number of nitrogens with zero attached hydrogens (tertiary/aromatic N) is 7. The van der Waals surface area contributed by atoms with Gasteiger partial charge in [0.1, 0.15) is 35.0 Å². The number of fused-ring (bicyclic) bond motifs is 7. The molecule has 3 atom stereocenters. The van der Waals surface area contributed by atoms with Gasteiger partial charge in [0.25, 0.3) is 6.08 Å². The summed E-state index contributed by atoms with van der Waals surface area (Å²) in [5, 5.41) is 17.3. The van der Waals surface area contributed by atoms with E-state index in [1.165, 1.54) is 24.3 Å². The molecule has 3 aromatic carbocycles. The van der Waals surface area contributed by atoms with Crippen LogP contribution >= 0.6 is 0 Å². The molecule has 5 aliphatic heterocycles. The van der Waals surface area contributed by atoms with Crippen LogP contribution in [0.5, 0.6) is 11.8 Å². The van der Waals surface area contributed by atoms with Crippen LogP contribution in [0.2, 0.25) is 0 Å². The number of ether oxygens (including phenoxy) is 2. The number of phenols is 1. The molecule has 2 unspecified atom stereocenters. The highest BCUT2D eigenvalue weighted by Gasteiger charge is 2.49. The molecule has 5 fully saturated rings. The molecule has 284 valence electrons. The van der Waals surface area contributed by atoms with Gasteiger partial charge in [0, 0.05) is 79.3 Å². The minimum atomic E-state index is -1.65. The molecule has 0 amide bonds. The smallest absolute Gasteiger partial charge is 0.319 e. The number of hydrogen-bond acceptors (Lipinski definition) is 9. The number of hydrogen-bond donors (Lipinski definition) is 1. The second-order valence-corrected chi connectivity index (χ2v) is 15.9. The molecule has 2 aromatic heterocycles. The first-order chi connectivity index (χ1) is 26.6. The highest BCUT2D eigenvalue weighted by Crippen LogP contribution is 2.47. The van der Waals surface area contributed by atoms with Crippen LogP contribution in [0, 0.1) is 29.9 Å². The summed E-state index contributed by atoms with van der Waals surface area (Å²) >= 11 is 0. The maximum Gasteiger partial charge on any atom is 0.319 e. The number of anilines is 1. The van der Waals surface area contributed by atoms with Crippen LogP contribution in [-0.2, 0) is 11.8 Å². The molecule has 5 aliphatic rings. The number of terminal acetylenes is 1. The van der Waals surface area contributed by atoms with Gasteiger partial charge in [-0.05, 0) is 67.8 Å². The maximum absolute atomic E-state index is 17.8. The molecule has 10 rings (SSSR count). The Morgan fingerprint density at radius 3 is 2.62 bits per heavy atom. The van der Waals surface area contributed by atoms with E-state index in [-0.39, 0.29) is 82.1 Å². The number of aryl methyl sites for hydroxylation is 1. The van der Waals surface area contributed by atoms with Gasteiger partial charge in [-0.25, -0.2) is 8.78 Å². The normalized spacial score (nSPS) is 24.3. The zero-order valence-corrected chi connectivity index (χ0v) is 30.3. The average molecular weight is 754 g/mol. The van der Waals surface area contributed by atoms with Crippen LogP contribution in [-0.4, -0.2) is 105 Å². The van der Waals surface area contributed by atoms with Crippen LogP contribution in [0.25, 0.3) is 43.7 Å². The van der Waals surface area contributed by atoms with E-state index in [1.807, 2.05) is 4.90 Å². The molecule has 1 N–H and O–H groups in total. The van der Waals surface area contributed by atoms with E-state index in [2.05, 4.69) is 15.7 Å². The number of phenolic OH excluding ortho intramolecular Hbond substituents is 1. The topological polar surface area (TPSA) is 92.0 Å². The summed E-state index contributed by atoms with van der Waals surface area (Å²) in [5.74, 6) is 1.87. The Kier molecular flexibility index (Phi) is 8.03. The molecule has 7 heterocycles. The van der Waals surface area contributed by atoms with Gasteiger partial charge in [-0.1, -0.05) is 12.0 Å². The van der Waals surface area contributed by atoms with Gasteiger partial charge in [0.2, 0.25) is 0 Å². The fraction of sp³-hybridized carbons (Fsp3) is 0.439. The summed E-state index contributed by atoms with van der Waals surface area (Å²) in [6.45, 7) is 4.76. The quantitative estimate of drug-likeness (QED) is 0.151. The lowest BCUT2D eigenvalue weighted by atomic mass is 9.91. The fourth-order valence-electron chi connectivity index (χ4n) is 10.0. The third kappa shape index (κ3) is 5.45. The van der Waals surface area contributed by atoms with Crippen molar-refractivity contribution >= 4 is 38.4 Å². The van der Waals surface area contributed by atoms with Gasteiger partial charge in [-0.3, -0.25) is 14.5 Å². The van der Waals surface area contributed by atoms with E-state index in [0.29, 0.717) is 53.9 Å². The van der Waals surface area contributed by atoms with Crippen LogP contribution in [0.3, 0.4) is 0 Å². The maximum atomic E-state index is 17.8. The van der Waals surface area contributed by atoms with Crippen LogP contribution < -0.4 is 9.64 Å². The minimum absolute atomic E-state index is 0.00105. The van der Waals surface area contributed by atoms with Crippen LogP contribution in [0.4, 0.5) is 23.4 Å². The minimum Gasteiger partial charge on any atom is -0.508 e. The molecule has 5 saturated heterocycles. The SMILES string of the molecule is C#Cc1c(F)ccc2cc(O)cc(-c3c(F)c4nc(OC[C@@]56CCCN5CC(=C(F)F)C6)nc(N5CC6CCC(C5)N6CC5COC5)c4c4cn(C)nc34)c12. The molecular formula is C41H39F4N7O3. The first-order valence-corrected chi connectivity index (χ1v) is 18.9. The lowest BCUT2D eigenvalue weighted by Crippen LogP contribution is -2.56. The predicted molar refractivity (Wildman–Crippen MR) is 199 cm³/mol. The molecule has 0 spiro atoms. The second-order valence-electron chi connectivity index (χ2n) is 15.9. The van der Waals surface area contributed by atoms with E-state index in [9.17, 15) is 13.9 Å². The van der Waals surface area contributed by atoms with Crippen molar-refractivity contribution < 1.29 is 32.1 Å². The summed E-state index contributed by atoms with van der Waals surface area (Å²) < 4.78 is 74.1. The third-order valence-electron chi connectivity index (χ3n) is 12.6. The molecule has 0 radical (unpaired) electrons. The Balaban J connectivity index is 1.16. The molecule has 2 bridgehead atoms. The Labute approximate surface area is 314 Å². The van der Waals surface area contributed by atoms with Crippen molar-refractivity contribution in [3.8, 4) is 35.2 Å². The number of aromatic nitrogens is 4. The molecule has 10 nitrogen and oxygen atoms in total. The van der Waals surface area contributed by atoms with Crippen LogP contribution in [0.15, 0.2) is 42.1 Å². The van der Waals surface area contributed by atoms with Crippen molar-refractivity contribution in [2.75, 3.05) is 57.4 Å². The predicted octanol–water partition coefficient (Wildman–Crippen LogP) is 6.37. The van der Waals surface area contributed by atoms with E-state index in [4.69, 9.17) is 31.0 Å². The largest absolute Gasteiger partial charge is 0.508 e. The molecule has 14 heteroatoms. The Morgan fingerprint density at radius 1 is 1.09 bits per heavy atom. The van der Waals surface area contributed by atoms with E-state index < -0.39 is 23.3 Å². The van der Waals surface area contributed by atoms with Crippen molar-refractivity contribution in [3.63, 3.8) is 0 Å². The number of benzene rings is 3. The summed E-state index contributed by atoms with van der Waals surface area (Å²) in [4.78, 5) is 16.6.